The average molecular weight is 205 g/mol. The van der Waals surface area contributed by atoms with E-state index in [0.717, 1.165) is 6.54 Å². The number of hydrogen-bond acceptors (Lipinski definition) is 1. The Labute approximate surface area is 93.7 Å². The number of rotatable bonds is 5. The lowest BCUT2D eigenvalue weighted by Gasteiger charge is -2.22. The number of aryl methyl sites for hydroxylation is 1. The number of nitrogens with two attached hydrogens (primary N) is 1. The summed E-state index contributed by atoms with van der Waals surface area (Å²) in [6.45, 7) is 7.42. The van der Waals surface area contributed by atoms with Crippen LogP contribution in [-0.4, -0.2) is 6.54 Å². The van der Waals surface area contributed by atoms with E-state index < -0.39 is 0 Å². The third-order valence-electron chi connectivity index (χ3n) is 3.19. The van der Waals surface area contributed by atoms with Gasteiger partial charge in [0.15, 0.2) is 0 Å². The van der Waals surface area contributed by atoms with Gasteiger partial charge in [-0.1, -0.05) is 56.5 Å². The van der Waals surface area contributed by atoms with Crippen LogP contribution in [0.2, 0.25) is 0 Å². The zero-order valence-corrected chi connectivity index (χ0v) is 10.2. The topological polar surface area (TPSA) is 26.0 Å². The van der Waals surface area contributed by atoms with Crippen molar-refractivity contribution in [3.05, 3.63) is 35.4 Å². The van der Waals surface area contributed by atoms with Crippen LogP contribution in [-0.2, 0) is 0 Å². The average Bonchev–Trinajstić information content (AvgIpc) is 2.22. The van der Waals surface area contributed by atoms with Crippen molar-refractivity contribution in [2.75, 3.05) is 6.54 Å². The minimum absolute atomic E-state index is 0.519. The van der Waals surface area contributed by atoms with Crippen LogP contribution in [0.25, 0.3) is 0 Å². The molecule has 0 amide bonds. The molecule has 0 saturated carbocycles. The second-order valence-electron chi connectivity index (χ2n) is 4.52. The molecule has 0 saturated heterocycles. The van der Waals surface area contributed by atoms with Crippen molar-refractivity contribution in [2.24, 2.45) is 11.7 Å². The predicted octanol–water partition coefficient (Wildman–Crippen LogP) is 3.47. The van der Waals surface area contributed by atoms with Crippen LogP contribution in [0.15, 0.2) is 24.3 Å². The third-order valence-corrected chi connectivity index (χ3v) is 3.19. The Hall–Kier alpha value is -0.820. The van der Waals surface area contributed by atoms with E-state index in [2.05, 4.69) is 45.0 Å². The van der Waals surface area contributed by atoms with Crippen LogP contribution in [0.4, 0.5) is 0 Å². The molecule has 1 aromatic carbocycles. The predicted molar refractivity (Wildman–Crippen MR) is 67.0 cm³/mol. The smallest absolute Gasteiger partial charge is 0.000567 e. The third kappa shape index (κ3) is 3.35. The molecule has 0 heterocycles. The Morgan fingerprint density at radius 3 is 2.27 bits per heavy atom. The van der Waals surface area contributed by atoms with Crippen molar-refractivity contribution in [1.82, 2.24) is 0 Å². The molecule has 1 heteroatoms. The van der Waals surface area contributed by atoms with Crippen molar-refractivity contribution in [3.8, 4) is 0 Å². The van der Waals surface area contributed by atoms with E-state index in [4.69, 9.17) is 5.73 Å². The fourth-order valence-corrected chi connectivity index (χ4v) is 2.17. The Bertz CT molecular complexity index is 276. The van der Waals surface area contributed by atoms with Crippen molar-refractivity contribution < 1.29 is 0 Å². The fraction of sp³-hybridized carbons (Fsp3) is 0.571. The number of hydrogen-bond donors (Lipinski definition) is 1. The van der Waals surface area contributed by atoms with Gasteiger partial charge < -0.3 is 5.73 Å². The fourth-order valence-electron chi connectivity index (χ4n) is 2.17. The molecule has 0 aliphatic carbocycles. The Balaban J connectivity index is 2.77. The molecule has 15 heavy (non-hydrogen) atoms. The minimum Gasteiger partial charge on any atom is -0.330 e. The van der Waals surface area contributed by atoms with Gasteiger partial charge in [0.05, 0.1) is 0 Å². The van der Waals surface area contributed by atoms with Crippen molar-refractivity contribution in [1.29, 1.82) is 0 Å². The van der Waals surface area contributed by atoms with Gasteiger partial charge in [-0.3, -0.25) is 0 Å². The first kappa shape index (κ1) is 12.3. The maximum Gasteiger partial charge on any atom is -0.000567 e. The highest BCUT2D eigenvalue weighted by Gasteiger charge is 2.16. The molecule has 2 unspecified atom stereocenters. The largest absolute Gasteiger partial charge is 0.330 e. The zero-order valence-electron chi connectivity index (χ0n) is 10.2. The Kier molecular flexibility index (Phi) is 4.83. The normalized spacial score (nSPS) is 14.9. The van der Waals surface area contributed by atoms with Crippen molar-refractivity contribution in [2.45, 2.75) is 39.5 Å². The molecular formula is C14H23N. The Morgan fingerprint density at radius 1 is 1.20 bits per heavy atom. The highest BCUT2D eigenvalue weighted by Crippen LogP contribution is 2.27. The summed E-state index contributed by atoms with van der Waals surface area (Å²) in [7, 11) is 0. The molecule has 2 atom stereocenters. The maximum absolute atomic E-state index is 5.87. The van der Waals surface area contributed by atoms with Crippen molar-refractivity contribution >= 4 is 0 Å². The summed E-state index contributed by atoms with van der Waals surface area (Å²) < 4.78 is 0. The molecule has 2 N–H and O–H groups in total. The molecular weight excluding hydrogens is 182 g/mol. The SMILES string of the molecule is CCCC(C)C(CN)c1ccc(C)cc1. The molecule has 1 nitrogen and oxygen atoms in total. The van der Waals surface area contributed by atoms with Crippen LogP contribution in [0.5, 0.6) is 0 Å². The second kappa shape index (κ2) is 5.92. The van der Waals surface area contributed by atoms with Gasteiger partial charge in [0.25, 0.3) is 0 Å². The summed E-state index contributed by atoms with van der Waals surface area (Å²) in [5, 5.41) is 0. The molecule has 84 valence electrons. The molecule has 0 aliphatic rings. The van der Waals surface area contributed by atoms with Gasteiger partial charge in [-0.2, -0.15) is 0 Å². The first-order chi connectivity index (χ1) is 7.19. The summed E-state index contributed by atoms with van der Waals surface area (Å²) >= 11 is 0. The van der Waals surface area contributed by atoms with E-state index in [1.165, 1.54) is 24.0 Å². The zero-order chi connectivity index (χ0) is 11.3. The first-order valence-electron chi connectivity index (χ1n) is 5.95. The van der Waals surface area contributed by atoms with Gasteiger partial charge in [-0.25, -0.2) is 0 Å². The van der Waals surface area contributed by atoms with Gasteiger partial charge in [0.1, 0.15) is 0 Å². The van der Waals surface area contributed by atoms with Crippen LogP contribution in [0, 0.1) is 12.8 Å². The molecule has 1 aromatic rings. The lowest BCUT2D eigenvalue weighted by atomic mass is 9.84. The lowest BCUT2D eigenvalue weighted by molar-refractivity contribution is 0.430. The van der Waals surface area contributed by atoms with Crippen molar-refractivity contribution in [3.63, 3.8) is 0 Å². The number of benzene rings is 1. The molecule has 0 aromatic heterocycles. The first-order valence-corrected chi connectivity index (χ1v) is 5.95. The summed E-state index contributed by atoms with van der Waals surface area (Å²) in [4.78, 5) is 0. The van der Waals surface area contributed by atoms with E-state index in [1.54, 1.807) is 0 Å². The van der Waals surface area contributed by atoms with E-state index in [9.17, 15) is 0 Å². The molecule has 1 rings (SSSR count). The monoisotopic (exact) mass is 205 g/mol. The maximum atomic E-state index is 5.87. The Morgan fingerprint density at radius 2 is 1.80 bits per heavy atom. The highest BCUT2D eigenvalue weighted by atomic mass is 14.6. The van der Waals surface area contributed by atoms with Gasteiger partial charge in [0.2, 0.25) is 0 Å². The van der Waals surface area contributed by atoms with Gasteiger partial charge >= 0.3 is 0 Å². The molecule has 0 spiro atoms. The quantitative estimate of drug-likeness (QED) is 0.782. The second-order valence-corrected chi connectivity index (χ2v) is 4.52. The van der Waals surface area contributed by atoms with Crippen LogP contribution >= 0.6 is 0 Å². The molecule has 0 fully saturated rings. The van der Waals surface area contributed by atoms with E-state index in [-0.39, 0.29) is 0 Å². The summed E-state index contributed by atoms with van der Waals surface area (Å²) in [6.07, 6.45) is 2.50. The summed E-state index contributed by atoms with van der Waals surface area (Å²) in [6, 6.07) is 8.80. The standard InChI is InChI=1S/C14H23N/c1-4-5-12(3)14(10-15)13-8-6-11(2)7-9-13/h6-9,12,14H,4-5,10,15H2,1-3H3. The lowest BCUT2D eigenvalue weighted by Crippen LogP contribution is -2.19. The van der Waals surface area contributed by atoms with Crippen LogP contribution in [0.1, 0.15) is 43.7 Å². The summed E-state index contributed by atoms with van der Waals surface area (Å²) in [5.41, 5.74) is 8.58. The van der Waals surface area contributed by atoms with Gasteiger partial charge in [0, 0.05) is 0 Å². The molecule has 0 radical (unpaired) electrons. The minimum atomic E-state index is 0.519. The van der Waals surface area contributed by atoms with E-state index >= 15 is 0 Å². The molecule has 0 bridgehead atoms. The van der Waals surface area contributed by atoms with E-state index in [0.29, 0.717) is 11.8 Å². The van der Waals surface area contributed by atoms with Crippen LogP contribution < -0.4 is 5.73 Å². The molecule has 0 aliphatic heterocycles. The van der Waals surface area contributed by atoms with Crippen LogP contribution in [0.3, 0.4) is 0 Å². The van der Waals surface area contributed by atoms with E-state index in [1.807, 2.05) is 0 Å². The van der Waals surface area contributed by atoms with Gasteiger partial charge in [-0.15, -0.1) is 0 Å². The highest BCUT2D eigenvalue weighted by molar-refractivity contribution is 5.25. The summed E-state index contributed by atoms with van der Waals surface area (Å²) in [5.74, 6) is 1.20. The van der Waals surface area contributed by atoms with Gasteiger partial charge in [-0.05, 0) is 30.9 Å².